The number of hydrogen-bond acceptors (Lipinski definition) is 3. The van der Waals surface area contributed by atoms with Gasteiger partial charge in [0, 0.05) is 29.9 Å². The summed E-state index contributed by atoms with van der Waals surface area (Å²) in [5, 5.41) is 0.377. The van der Waals surface area contributed by atoms with E-state index in [4.69, 9.17) is 11.6 Å². The predicted octanol–water partition coefficient (Wildman–Crippen LogP) is 5.51. The van der Waals surface area contributed by atoms with E-state index < -0.39 is 11.7 Å². The molecule has 2 heterocycles. The Hall–Kier alpha value is -1.40. The Morgan fingerprint density at radius 1 is 1.09 bits per heavy atom. The van der Waals surface area contributed by atoms with Crippen LogP contribution in [0.1, 0.15) is 18.4 Å². The lowest BCUT2D eigenvalue weighted by Crippen LogP contribution is -2.17. The second-order valence-electron chi connectivity index (χ2n) is 5.30. The molecular weight excluding hydrogens is 345 g/mol. The third-order valence-corrected chi connectivity index (χ3v) is 5.08. The minimum Gasteiger partial charge on any atom is -0.372 e. The molecule has 1 saturated heterocycles. The van der Waals surface area contributed by atoms with Crippen LogP contribution in [0.2, 0.25) is 5.02 Å². The molecule has 0 unspecified atom stereocenters. The molecule has 0 spiro atoms. The van der Waals surface area contributed by atoms with Crippen molar-refractivity contribution < 1.29 is 13.2 Å². The zero-order valence-electron chi connectivity index (χ0n) is 12.1. The van der Waals surface area contributed by atoms with Gasteiger partial charge in [-0.15, -0.1) is 0 Å². The molecule has 1 aromatic heterocycles. The predicted molar refractivity (Wildman–Crippen MR) is 86.3 cm³/mol. The topological polar surface area (TPSA) is 16.1 Å². The van der Waals surface area contributed by atoms with Crippen LogP contribution in [-0.2, 0) is 6.18 Å². The molecule has 1 aliphatic rings. The van der Waals surface area contributed by atoms with E-state index in [1.165, 1.54) is 30.3 Å². The largest absolute Gasteiger partial charge is 0.417 e. The maximum Gasteiger partial charge on any atom is 0.417 e. The zero-order valence-corrected chi connectivity index (χ0v) is 13.7. The van der Waals surface area contributed by atoms with Gasteiger partial charge in [-0.2, -0.15) is 13.2 Å². The van der Waals surface area contributed by atoms with Crippen molar-refractivity contribution in [2.24, 2.45) is 0 Å². The second-order valence-corrected chi connectivity index (χ2v) is 6.77. The summed E-state index contributed by atoms with van der Waals surface area (Å²) in [7, 11) is 0. The van der Waals surface area contributed by atoms with Crippen LogP contribution in [0.25, 0.3) is 0 Å². The average molecular weight is 359 g/mol. The van der Waals surface area contributed by atoms with Crippen LogP contribution < -0.4 is 4.90 Å². The van der Waals surface area contributed by atoms with Crippen molar-refractivity contribution in [1.82, 2.24) is 4.98 Å². The molecular formula is C16H14ClF3N2S. The highest BCUT2D eigenvalue weighted by molar-refractivity contribution is 7.99. The lowest BCUT2D eigenvalue weighted by atomic mass is 10.3. The first-order valence-corrected chi connectivity index (χ1v) is 8.38. The van der Waals surface area contributed by atoms with Crippen LogP contribution in [0.3, 0.4) is 0 Å². The Morgan fingerprint density at radius 3 is 2.30 bits per heavy atom. The second kappa shape index (κ2) is 6.61. The average Bonchev–Trinajstić information content (AvgIpc) is 3.03. The van der Waals surface area contributed by atoms with Crippen molar-refractivity contribution in [2.45, 2.75) is 28.9 Å². The minimum absolute atomic E-state index is 0.00782. The molecule has 0 amide bonds. The van der Waals surface area contributed by atoms with E-state index in [0.29, 0.717) is 5.03 Å². The Morgan fingerprint density at radius 2 is 1.74 bits per heavy atom. The van der Waals surface area contributed by atoms with Crippen molar-refractivity contribution in [3.63, 3.8) is 0 Å². The molecule has 2 nitrogen and oxygen atoms in total. The molecule has 1 aromatic carbocycles. The zero-order chi connectivity index (χ0) is 16.4. The summed E-state index contributed by atoms with van der Waals surface area (Å²) in [6.45, 7) is 2.14. The molecule has 2 aromatic rings. The minimum atomic E-state index is -4.43. The molecule has 23 heavy (non-hydrogen) atoms. The van der Waals surface area contributed by atoms with E-state index in [1.54, 1.807) is 0 Å². The summed E-state index contributed by atoms with van der Waals surface area (Å²) in [5.74, 6) is 0. The summed E-state index contributed by atoms with van der Waals surface area (Å²) in [5.41, 5.74) is 0.328. The first kappa shape index (κ1) is 16.5. The van der Waals surface area contributed by atoms with E-state index in [1.807, 2.05) is 24.3 Å². The first-order valence-electron chi connectivity index (χ1n) is 7.19. The maximum absolute atomic E-state index is 12.6. The Labute approximate surface area is 141 Å². The van der Waals surface area contributed by atoms with E-state index in [-0.39, 0.29) is 5.02 Å². The number of benzene rings is 1. The third-order valence-electron chi connectivity index (χ3n) is 3.66. The number of nitrogens with zero attached hydrogens (tertiary/aromatic N) is 2. The van der Waals surface area contributed by atoms with Crippen molar-refractivity contribution in [3.8, 4) is 0 Å². The highest BCUT2D eigenvalue weighted by Gasteiger charge is 2.31. The summed E-state index contributed by atoms with van der Waals surface area (Å²) < 4.78 is 37.8. The molecule has 0 radical (unpaired) electrons. The van der Waals surface area contributed by atoms with Crippen molar-refractivity contribution >= 4 is 29.1 Å². The van der Waals surface area contributed by atoms with Crippen molar-refractivity contribution in [2.75, 3.05) is 18.0 Å². The van der Waals surface area contributed by atoms with E-state index in [9.17, 15) is 13.2 Å². The number of halogens is 4. The van der Waals surface area contributed by atoms with Crippen LogP contribution in [0, 0.1) is 0 Å². The molecule has 0 N–H and O–H groups in total. The van der Waals surface area contributed by atoms with Gasteiger partial charge < -0.3 is 4.90 Å². The normalized spacial score (nSPS) is 15.2. The van der Waals surface area contributed by atoms with Gasteiger partial charge in [-0.3, -0.25) is 0 Å². The van der Waals surface area contributed by atoms with Gasteiger partial charge in [0.05, 0.1) is 10.6 Å². The first-order chi connectivity index (χ1) is 10.9. The highest BCUT2D eigenvalue weighted by Crippen LogP contribution is 2.36. The SMILES string of the molecule is FC(F)(F)c1cnc(Sc2ccc(N3CCCC3)cc2)c(Cl)c1. The Bertz CT molecular complexity index is 683. The van der Waals surface area contributed by atoms with Crippen molar-refractivity contribution in [1.29, 1.82) is 0 Å². The molecule has 0 saturated carbocycles. The summed E-state index contributed by atoms with van der Waals surface area (Å²) in [6, 6.07) is 8.83. The maximum atomic E-state index is 12.6. The molecule has 1 fully saturated rings. The highest BCUT2D eigenvalue weighted by atomic mass is 35.5. The fraction of sp³-hybridized carbons (Fsp3) is 0.312. The lowest BCUT2D eigenvalue weighted by Gasteiger charge is -2.17. The molecule has 0 aliphatic carbocycles. The van der Waals surface area contributed by atoms with Crippen molar-refractivity contribution in [3.05, 3.63) is 47.1 Å². The Kier molecular flexibility index (Phi) is 4.73. The molecule has 3 rings (SSSR count). The molecule has 7 heteroatoms. The van der Waals surface area contributed by atoms with Gasteiger partial charge in [0.15, 0.2) is 0 Å². The smallest absolute Gasteiger partial charge is 0.372 e. The molecule has 122 valence electrons. The number of alkyl halides is 3. The summed E-state index contributed by atoms with van der Waals surface area (Å²) in [4.78, 5) is 7.05. The fourth-order valence-electron chi connectivity index (χ4n) is 2.47. The Balaban J connectivity index is 1.74. The number of pyridine rings is 1. The number of anilines is 1. The van der Waals surface area contributed by atoms with Gasteiger partial charge in [-0.1, -0.05) is 23.4 Å². The molecule has 0 atom stereocenters. The van der Waals surface area contributed by atoms with Gasteiger partial charge in [-0.25, -0.2) is 4.98 Å². The van der Waals surface area contributed by atoms with E-state index in [0.717, 1.165) is 30.2 Å². The number of aromatic nitrogens is 1. The van der Waals surface area contributed by atoms with Gasteiger partial charge in [0.2, 0.25) is 0 Å². The third kappa shape index (κ3) is 3.93. The lowest BCUT2D eigenvalue weighted by molar-refractivity contribution is -0.137. The van der Waals surface area contributed by atoms with E-state index in [2.05, 4.69) is 9.88 Å². The summed E-state index contributed by atoms with van der Waals surface area (Å²) >= 11 is 7.18. The van der Waals surface area contributed by atoms with Crippen LogP contribution in [0.5, 0.6) is 0 Å². The van der Waals surface area contributed by atoms with Gasteiger partial charge in [-0.05, 0) is 43.2 Å². The van der Waals surface area contributed by atoms with E-state index >= 15 is 0 Å². The van der Waals surface area contributed by atoms with Crippen LogP contribution in [-0.4, -0.2) is 18.1 Å². The summed E-state index contributed by atoms with van der Waals surface area (Å²) in [6.07, 6.45) is -1.20. The van der Waals surface area contributed by atoms with Gasteiger partial charge >= 0.3 is 6.18 Å². The number of hydrogen-bond donors (Lipinski definition) is 0. The standard InChI is InChI=1S/C16H14ClF3N2S/c17-14-9-11(16(18,19)20)10-21-15(14)23-13-5-3-12(4-6-13)22-7-1-2-8-22/h3-6,9-10H,1-2,7-8H2. The van der Waals surface area contributed by atoms with Crippen LogP contribution in [0.4, 0.5) is 18.9 Å². The number of rotatable bonds is 3. The quantitative estimate of drug-likeness (QED) is 0.720. The van der Waals surface area contributed by atoms with Crippen LogP contribution >= 0.6 is 23.4 Å². The molecule has 0 bridgehead atoms. The van der Waals surface area contributed by atoms with Crippen LogP contribution in [0.15, 0.2) is 46.5 Å². The monoisotopic (exact) mass is 358 g/mol. The molecule has 1 aliphatic heterocycles. The fourth-order valence-corrected chi connectivity index (χ4v) is 3.51. The van der Waals surface area contributed by atoms with Gasteiger partial charge in [0.25, 0.3) is 0 Å². The van der Waals surface area contributed by atoms with Gasteiger partial charge in [0.1, 0.15) is 5.03 Å².